The molecule has 1 aromatic carbocycles. The lowest BCUT2D eigenvalue weighted by Crippen LogP contribution is -2.03. The standard InChI is InChI=1S/C7H4F3NO3/c8-5-3-4(11(12)13)1-2-6(5)14-7(9)10/h1-3,7H. The van der Waals surface area contributed by atoms with Crippen molar-refractivity contribution in [1.82, 2.24) is 0 Å². The Kier molecular flexibility index (Phi) is 2.90. The molecule has 0 aliphatic heterocycles. The summed E-state index contributed by atoms with van der Waals surface area (Å²) in [6.45, 7) is -3.16. The molecule has 7 heteroatoms. The quantitative estimate of drug-likeness (QED) is 0.564. The van der Waals surface area contributed by atoms with E-state index in [0.29, 0.717) is 6.07 Å². The van der Waals surface area contributed by atoms with Gasteiger partial charge in [0.05, 0.1) is 11.0 Å². The monoisotopic (exact) mass is 207 g/mol. The molecule has 1 aromatic rings. The molecule has 0 aliphatic carbocycles. The van der Waals surface area contributed by atoms with E-state index in [-0.39, 0.29) is 0 Å². The Bertz CT molecular complexity index is 356. The van der Waals surface area contributed by atoms with Crippen LogP contribution in [0.25, 0.3) is 0 Å². The smallest absolute Gasteiger partial charge is 0.387 e. The van der Waals surface area contributed by atoms with E-state index in [1.54, 1.807) is 0 Å². The van der Waals surface area contributed by atoms with Crippen LogP contribution in [0.5, 0.6) is 5.75 Å². The Hall–Kier alpha value is -1.79. The van der Waals surface area contributed by atoms with Crippen LogP contribution < -0.4 is 4.74 Å². The third-order valence-corrected chi connectivity index (χ3v) is 1.34. The second-order valence-corrected chi connectivity index (χ2v) is 2.25. The Labute approximate surface area is 76.1 Å². The number of benzene rings is 1. The van der Waals surface area contributed by atoms with Crippen LogP contribution in [0.3, 0.4) is 0 Å². The Morgan fingerprint density at radius 2 is 2.07 bits per heavy atom. The molecule has 0 aliphatic rings. The second kappa shape index (κ2) is 3.95. The molecule has 0 unspecified atom stereocenters. The average Bonchev–Trinajstić information content (AvgIpc) is 2.07. The number of halogens is 3. The first-order valence-electron chi connectivity index (χ1n) is 3.39. The van der Waals surface area contributed by atoms with Gasteiger partial charge in [-0.05, 0) is 6.07 Å². The zero-order chi connectivity index (χ0) is 10.7. The first-order valence-corrected chi connectivity index (χ1v) is 3.39. The molecule has 0 fully saturated rings. The van der Waals surface area contributed by atoms with Gasteiger partial charge in [0.25, 0.3) is 5.69 Å². The number of nitro groups is 1. The molecule has 0 aromatic heterocycles. The van der Waals surface area contributed by atoms with Crippen LogP contribution in [0.1, 0.15) is 0 Å². The highest BCUT2D eigenvalue weighted by molar-refractivity contribution is 5.37. The molecule has 0 radical (unpaired) electrons. The lowest BCUT2D eigenvalue weighted by atomic mass is 10.3. The zero-order valence-electron chi connectivity index (χ0n) is 6.62. The minimum Gasteiger partial charge on any atom is -0.432 e. The van der Waals surface area contributed by atoms with Crippen molar-refractivity contribution in [3.63, 3.8) is 0 Å². The predicted octanol–water partition coefficient (Wildman–Crippen LogP) is 2.34. The van der Waals surface area contributed by atoms with Crippen molar-refractivity contribution >= 4 is 5.69 Å². The van der Waals surface area contributed by atoms with E-state index >= 15 is 0 Å². The number of nitro benzene ring substituents is 1. The lowest BCUT2D eigenvalue weighted by Gasteiger charge is -2.04. The number of alkyl halides is 2. The number of hydrogen-bond acceptors (Lipinski definition) is 3. The Morgan fingerprint density at radius 1 is 1.43 bits per heavy atom. The van der Waals surface area contributed by atoms with Gasteiger partial charge in [-0.1, -0.05) is 0 Å². The molecule has 0 atom stereocenters. The van der Waals surface area contributed by atoms with Crippen molar-refractivity contribution in [1.29, 1.82) is 0 Å². The SMILES string of the molecule is O=[N+]([O-])c1ccc(OC(F)F)c(F)c1. The maximum absolute atomic E-state index is 12.8. The van der Waals surface area contributed by atoms with E-state index < -0.39 is 28.8 Å². The summed E-state index contributed by atoms with van der Waals surface area (Å²) >= 11 is 0. The van der Waals surface area contributed by atoms with Crippen LogP contribution in [0.15, 0.2) is 18.2 Å². The summed E-state index contributed by atoms with van der Waals surface area (Å²) in [4.78, 5) is 9.30. The molecular formula is C7H4F3NO3. The first kappa shape index (κ1) is 10.3. The number of hydrogen-bond donors (Lipinski definition) is 0. The topological polar surface area (TPSA) is 52.4 Å². The van der Waals surface area contributed by atoms with Gasteiger partial charge in [0.2, 0.25) is 0 Å². The number of non-ortho nitro benzene ring substituents is 1. The normalized spacial score (nSPS) is 10.3. The van der Waals surface area contributed by atoms with Crippen LogP contribution in [-0.4, -0.2) is 11.5 Å². The van der Waals surface area contributed by atoms with Crippen LogP contribution in [0.2, 0.25) is 0 Å². The van der Waals surface area contributed by atoms with Crippen molar-refractivity contribution in [3.05, 3.63) is 34.1 Å². The summed E-state index contributed by atoms with van der Waals surface area (Å²) in [5.74, 6) is -1.91. The van der Waals surface area contributed by atoms with Crippen molar-refractivity contribution < 1.29 is 22.8 Å². The summed E-state index contributed by atoms with van der Waals surface area (Å²) in [5, 5.41) is 10.1. The fourth-order valence-corrected chi connectivity index (χ4v) is 0.795. The maximum Gasteiger partial charge on any atom is 0.387 e. The highest BCUT2D eigenvalue weighted by atomic mass is 19.3. The number of nitrogens with zero attached hydrogens (tertiary/aromatic N) is 1. The number of ether oxygens (including phenoxy) is 1. The summed E-state index contributed by atoms with van der Waals surface area (Å²) < 4.78 is 39.8. The van der Waals surface area contributed by atoms with E-state index in [2.05, 4.69) is 4.74 Å². The molecule has 14 heavy (non-hydrogen) atoms. The van der Waals surface area contributed by atoms with Gasteiger partial charge in [-0.3, -0.25) is 10.1 Å². The molecule has 0 bridgehead atoms. The first-order chi connectivity index (χ1) is 6.50. The molecular weight excluding hydrogens is 203 g/mol. The summed E-state index contributed by atoms with van der Waals surface area (Å²) in [6, 6.07) is 2.16. The molecule has 0 N–H and O–H groups in total. The van der Waals surface area contributed by atoms with Crippen LogP contribution >= 0.6 is 0 Å². The van der Waals surface area contributed by atoms with Crippen molar-refractivity contribution in [2.75, 3.05) is 0 Å². The average molecular weight is 207 g/mol. The van der Waals surface area contributed by atoms with Gasteiger partial charge in [-0.15, -0.1) is 0 Å². The summed E-state index contributed by atoms with van der Waals surface area (Å²) in [6.07, 6.45) is 0. The highest BCUT2D eigenvalue weighted by Gasteiger charge is 2.14. The second-order valence-electron chi connectivity index (χ2n) is 2.25. The maximum atomic E-state index is 12.8. The minimum atomic E-state index is -3.16. The fourth-order valence-electron chi connectivity index (χ4n) is 0.795. The van der Waals surface area contributed by atoms with Gasteiger partial charge in [0.15, 0.2) is 11.6 Å². The molecule has 0 amide bonds. The molecule has 0 saturated heterocycles. The van der Waals surface area contributed by atoms with E-state index in [4.69, 9.17) is 0 Å². The Balaban J connectivity index is 2.95. The third kappa shape index (κ3) is 2.35. The fraction of sp³-hybridized carbons (Fsp3) is 0.143. The molecule has 1 rings (SSSR count). The van der Waals surface area contributed by atoms with Gasteiger partial charge in [0.1, 0.15) is 0 Å². The van der Waals surface area contributed by atoms with Gasteiger partial charge >= 0.3 is 6.61 Å². The van der Waals surface area contributed by atoms with Crippen molar-refractivity contribution in [2.45, 2.75) is 6.61 Å². The van der Waals surface area contributed by atoms with E-state index in [9.17, 15) is 23.3 Å². The van der Waals surface area contributed by atoms with E-state index in [0.717, 1.165) is 12.1 Å². The van der Waals surface area contributed by atoms with Gasteiger partial charge in [0, 0.05) is 6.07 Å². The summed E-state index contributed by atoms with van der Waals surface area (Å²) in [7, 11) is 0. The van der Waals surface area contributed by atoms with Gasteiger partial charge in [-0.25, -0.2) is 4.39 Å². The van der Waals surface area contributed by atoms with Crippen molar-refractivity contribution in [3.8, 4) is 5.75 Å². The third-order valence-electron chi connectivity index (χ3n) is 1.34. The van der Waals surface area contributed by atoms with Crippen LogP contribution in [-0.2, 0) is 0 Å². The van der Waals surface area contributed by atoms with Crippen LogP contribution in [0, 0.1) is 15.9 Å². The highest BCUT2D eigenvalue weighted by Crippen LogP contribution is 2.23. The van der Waals surface area contributed by atoms with Gasteiger partial charge in [-0.2, -0.15) is 8.78 Å². The molecule has 76 valence electrons. The minimum absolute atomic E-state index is 0.512. The summed E-state index contributed by atoms with van der Waals surface area (Å²) in [5.41, 5.74) is -0.524. The van der Waals surface area contributed by atoms with Crippen LogP contribution in [0.4, 0.5) is 18.9 Å². The zero-order valence-corrected chi connectivity index (χ0v) is 6.62. The molecule has 0 heterocycles. The van der Waals surface area contributed by atoms with E-state index in [1.165, 1.54) is 0 Å². The molecule has 0 saturated carbocycles. The van der Waals surface area contributed by atoms with E-state index in [1.807, 2.05) is 0 Å². The predicted molar refractivity (Wildman–Crippen MR) is 39.7 cm³/mol. The largest absolute Gasteiger partial charge is 0.432 e. The van der Waals surface area contributed by atoms with Gasteiger partial charge < -0.3 is 4.74 Å². The number of rotatable bonds is 3. The molecule has 0 spiro atoms. The molecule has 4 nitrogen and oxygen atoms in total. The Morgan fingerprint density at radius 3 is 2.50 bits per heavy atom. The lowest BCUT2D eigenvalue weighted by molar-refractivity contribution is -0.385. The van der Waals surface area contributed by atoms with Crippen molar-refractivity contribution in [2.24, 2.45) is 0 Å².